The molecule has 0 aliphatic rings. The van der Waals surface area contributed by atoms with E-state index in [9.17, 15) is 0 Å². The Morgan fingerprint density at radius 3 is 2.40 bits per heavy atom. The molecule has 2 aromatic carbocycles. The molecule has 0 radical (unpaired) electrons. The molecule has 0 atom stereocenters. The van der Waals surface area contributed by atoms with Crippen LogP contribution in [0.25, 0.3) is 11.3 Å². The summed E-state index contributed by atoms with van der Waals surface area (Å²) < 4.78 is 0. The number of nitrogens with zero attached hydrogens (tertiary/aromatic N) is 2. The molecule has 3 rings (SSSR count). The lowest BCUT2D eigenvalue weighted by atomic mass is 10.1. The van der Waals surface area contributed by atoms with Gasteiger partial charge >= 0.3 is 0 Å². The highest BCUT2D eigenvalue weighted by molar-refractivity contribution is 6.31. The van der Waals surface area contributed by atoms with Gasteiger partial charge in [-0.05, 0) is 44.5 Å². The molecular weight excluding hydrogens is 332 g/mol. The molecule has 4 nitrogen and oxygen atoms in total. The molecule has 1 aromatic heterocycles. The molecule has 0 aliphatic heterocycles. The van der Waals surface area contributed by atoms with Crippen molar-refractivity contribution in [3.8, 4) is 11.3 Å². The van der Waals surface area contributed by atoms with E-state index in [2.05, 4.69) is 34.4 Å². The molecule has 5 heteroatoms. The fourth-order valence-corrected chi connectivity index (χ4v) is 2.58. The highest BCUT2D eigenvalue weighted by atomic mass is 35.5. The molecule has 0 fully saturated rings. The summed E-state index contributed by atoms with van der Waals surface area (Å²) >= 11 is 6.11. The first-order valence-corrected chi connectivity index (χ1v) is 8.63. The first-order chi connectivity index (χ1) is 12.0. The van der Waals surface area contributed by atoms with Crippen LogP contribution in [0.5, 0.6) is 0 Å². The topological polar surface area (TPSA) is 49.8 Å². The molecule has 0 amide bonds. The summed E-state index contributed by atoms with van der Waals surface area (Å²) in [6, 6.07) is 18.1. The number of benzene rings is 2. The zero-order valence-electron chi connectivity index (χ0n) is 14.5. The van der Waals surface area contributed by atoms with Gasteiger partial charge in [0, 0.05) is 28.4 Å². The highest BCUT2D eigenvalue weighted by Gasteiger charge is 2.08. The molecule has 0 saturated heterocycles. The standard InChI is InChI=1S/C20H21ClN4/c1-13(2)22-20-24-18(15-7-5-4-6-8-15)12-19(25-20)23-16-9-10-17(21)14(3)11-16/h4-13H,1-3H3,(H2,22,23,24,25). The zero-order valence-corrected chi connectivity index (χ0v) is 15.3. The molecule has 25 heavy (non-hydrogen) atoms. The summed E-state index contributed by atoms with van der Waals surface area (Å²) in [5.74, 6) is 1.34. The SMILES string of the molecule is Cc1cc(Nc2cc(-c3ccccc3)nc(NC(C)C)n2)ccc1Cl. The van der Waals surface area contributed by atoms with Gasteiger partial charge in [-0.3, -0.25) is 0 Å². The Kier molecular flexibility index (Phi) is 5.19. The van der Waals surface area contributed by atoms with Crippen molar-refractivity contribution in [2.45, 2.75) is 26.8 Å². The third kappa shape index (κ3) is 4.48. The Bertz CT molecular complexity index is 863. The highest BCUT2D eigenvalue weighted by Crippen LogP contribution is 2.25. The number of halogens is 1. The van der Waals surface area contributed by atoms with Crippen molar-refractivity contribution in [3.63, 3.8) is 0 Å². The van der Waals surface area contributed by atoms with Crippen LogP contribution in [0.4, 0.5) is 17.5 Å². The number of hydrogen-bond donors (Lipinski definition) is 2. The van der Waals surface area contributed by atoms with Crippen molar-refractivity contribution in [2.24, 2.45) is 0 Å². The van der Waals surface area contributed by atoms with Crippen LogP contribution in [0, 0.1) is 6.92 Å². The second-order valence-corrected chi connectivity index (χ2v) is 6.62. The Balaban J connectivity index is 1.98. The van der Waals surface area contributed by atoms with Crippen molar-refractivity contribution >= 4 is 29.1 Å². The largest absolute Gasteiger partial charge is 0.352 e. The summed E-state index contributed by atoms with van der Waals surface area (Å²) in [6.45, 7) is 6.11. The lowest BCUT2D eigenvalue weighted by molar-refractivity contribution is 0.876. The van der Waals surface area contributed by atoms with Gasteiger partial charge in [-0.15, -0.1) is 0 Å². The molecule has 0 unspecified atom stereocenters. The molecule has 2 N–H and O–H groups in total. The number of rotatable bonds is 5. The van der Waals surface area contributed by atoms with Crippen molar-refractivity contribution in [3.05, 3.63) is 65.2 Å². The maximum Gasteiger partial charge on any atom is 0.225 e. The fourth-order valence-electron chi connectivity index (χ4n) is 2.46. The third-order valence-corrected chi connectivity index (χ3v) is 4.07. The maximum absolute atomic E-state index is 6.11. The van der Waals surface area contributed by atoms with Gasteiger partial charge in [-0.2, -0.15) is 4.98 Å². The minimum atomic E-state index is 0.247. The lowest BCUT2D eigenvalue weighted by Crippen LogP contribution is -2.13. The van der Waals surface area contributed by atoms with Crippen LogP contribution in [0.3, 0.4) is 0 Å². The van der Waals surface area contributed by atoms with Crippen molar-refractivity contribution < 1.29 is 0 Å². The van der Waals surface area contributed by atoms with Crippen molar-refractivity contribution in [1.82, 2.24) is 9.97 Å². The molecule has 0 aliphatic carbocycles. The van der Waals surface area contributed by atoms with Crippen LogP contribution in [0.2, 0.25) is 5.02 Å². The van der Waals surface area contributed by atoms with E-state index in [1.165, 1.54) is 0 Å². The summed E-state index contributed by atoms with van der Waals surface area (Å²) in [5.41, 5.74) is 3.87. The lowest BCUT2D eigenvalue weighted by Gasteiger charge is -2.13. The van der Waals surface area contributed by atoms with E-state index < -0.39 is 0 Å². The molecule has 128 valence electrons. The van der Waals surface area contributed by atoms with E-state index in [0.29, 0.717) is 5.95 Å². The van der Waals surface area contributed by atoms with Crippen LogP contribution in [0.1, 0.15) is 19.4 Å². The Morgan fingerprint density at radius 1 is 0.960 bits per heavy atom. The normalized spacial score (nSPS) is 10.8. The minimum Gasteiger partial charge on any atom is -0.352 e. The second kappa shape index (κ2) is 7.53. The van der Waals surface area contributed by atoms with Gasteiger partial charge in [0.2, 0.25) is 5.95 Å². The average molecular weight is 353 g/mol. The van der Waals surface area contributed by atoms with Gasteiger partial charge in [-0.1, -0.05) is 41.9 Å². The Morgan fingerprint density at radius 2 is 1.72 bits per heavy atom. The maximum atomic E-state index is 6.11. The number of hydrogen-bond acceptors (Lipinski definition) is 4. The smallest absolute Gasteiger partial charge is 0.225 e. The van der Waals surface area contributed by atoms with Gasteiger partial charge in [-0.25, -0.2) is 4.98 Å². The fraction of sp³-hybridized carbons (Fsp3) is 0.200. The van der Waals surface area contributed by atoms with E-state index in [4.69, 9.17) is 11.6 Å². The van der Waals surface area contributed by atoms with E-state index in [0.717, 1.165) is 33.3 Å². The monoisotopic (exact) mass is 352 g/mol. The van der Waals surface area contributed by atoms with E-state index >= 15 is 0 Å². The van der Waals surface area contributed by atoms with Gasteiger partial charge in [0.1, 0.15) is 5.82 Å². The van der Waals surface area contributed by atoms with Crippen LogP contribution in [-0.2, 0) is 0 Å². The van der Waals surface area contributed by atoms with Crippen LogP contribution in [0.15, 0.2) is 54.6 Å². The first-order valence-electron chi connectivity index (χ1n) is 8.25. The Labute approximate surface area is 153 Å². The predicted octanol–water partition coefficient (Wildman–Crippen LogP) is 5.67. The van der Waals surface area contributed by atoms with Gasteiger partial charge in [0.25, 0.3) is 0 Å². The quantitative estimate of drug-likeness (QED) is 0.621. The first kappa shape index (κ1) is 17.2. The van der Waals surface area contributed by atoms with Gasteiger partial charge in [0.05, 0.1) is 5.69 Å². The zero-order chi connectivity index (χ0) is 17.8. The van der Waals surface area contributed by atoms with Crippen LogP contribution < -0.4 is 10.6 Å². The van der Waals surface area contributed by atoms with Gasteiger partial charge in [0.15, 0.2) is 0 Å². The van der Waals surface area contributed by atoms with E-state index in [-0.39, 0.29) is 6.04 Å². The molecule has 1 heterocycles. The molecule has 3 aromatic rings. The molecule has 0 spiro atoms. The van der Waals surface area contributed by atoms with E-state index in [1.54, 1.807) is 0 Å². The predicted molar refractivity (Wildman–Crippen MR) is 106 cm³/mol. The number of nitrogens with one attached hydrogen (secondary N) is 2. The van der Waals surface area contributed by atoms with Crippen LogP contribution >= 0.6 is 11.6 Å². The van der Waals surface area contributed by atoms with Crippen molar-refractivity contribution in [2.75, 3.05) is 10.6 Å². The minimum absolute atomic E-state index is 0.247. The summed E-state index contributed by atoms with van der Waals surface area (Å²) in [5, 5.41) is 7.37. The third-order valence-electron chi connectivity index (χ3n) is 3.64. The average Bonchev–Trinajstić information content (AvgIpc) is 2.58. The summed E-state index contributed by atoms with van der Waals surface area (Å²) in [7, 11) is 0. The number of anilines is 3. The second-order valence-electron chi connectivity index (χ2n) is 6.22. The van der Waals surface area contributed by atoms with Crippen LogP contribution in [-0.4, -0.2) is 16.0 Å². The van der Waals surface area contributed by atoms with Crippen molar-refractivity contribution in [1.29, 1.82) is 0 Å². The molecular formula is C20H21ClN4. The number of aryl methyl sites for hydroxylation is 1. The summed E-state index contributed by atoms with van der Waals surface area (Å²) in [6.07, 6.45) is 0. The number of aromatic nitrogens is 2. The van der Waals surface area contributed by atoms with Gasteiger partial charge < -0.3 is 10.6 Å². The van der Waals surface area contributed by atoms with E-state index in [1.807, 2.05) is 61.5 Å². The molecule has 0 saturated carbocycles. The molecule has 0 bridgehead atoms. The summed E-state index contributed by atoms with van der Waals surface area (Å²) in [4.78, 5) is 9.21. The Hall–Kier alpha value is -2.59.